The third kappa shape index (κ3) is 4.52. The van der Waals surface area contributed by atoms with Crippen molar-refractivity contribution < 1.29 is 29.3 Å². The molecule has 0 spiro atoms. The molecule has 8 nitrogen and oxygen atoms in total. The minimum Gasteiger partial charge on any atom is -0.502 e. The zero-order valence-electron chi connectivity index (χ0n) is 15.7. The van der Waals surface area contributed by atoms with E-state index in [-0.39, 0.29) is 27.3 Å². The maximum absolute atomic E-state index is 12.8. The van der Waals surface area contributed by atoms with E-state index in [4.69, 9.17) is 9.47 Å². The van der Waals surface area contributed by atoms with E-state index < -0.39 is 18.4 Å². The van der Waals surface area contributed by atoms with Gasteiger partial charge in [0.15, 0.2) is 16.7 Å². The van der Waals surface area contributed by atoms with Crippen LogP contribution in [0, 0.1) is 0 Å². The molecule has 0 aliphatic carbocycles. The van der Waals surface area contributed by atoms with Crippen molar-refractivity contribution in [2.24, 2.45) is 4.99 Å². The molecule has 1 aliphatic rings. The number of nitrogens with zero attached hydrogens (tertiary/aromatic N) is 2. The lowest BCUT2D eigenvalue weighted by molar-refractivity contribution is -0.140. The number of phenolic OH excluding ortho intramolecular Hbond substituents is 1. The second-order valence-corrected chi connectivity index (χ2v) is 6.91. The second-order valence-electron chi connectivity index (χ2n) is 5.90. The fraction of sp³-hybridized carbons (Fsp3) is 0.150. The van der Waals surface area contributed by atoms with Gasteiger partial charge in [0, 0.05) is 0 Å². The number of methoxy groups -OCH3 is 2. The number of hydrogen-bond acceptors (Lipinski definition) is 7. The lowest BCUT2D eigenvalue weighted by Crippen LogP contribution is -2.34. The van der Waals surface area contributed by atoms with E-state index in [0.717, 1.165) is 16.7 Å². The first-order chi connectivity index (χ1) is 13.9. The number of thioether (sulfide) groups is 1. The number of para-hydroxylation sites is 1. The predicted molar refractivity (Wildman–Crippen MR) is 110 cm³/mol. The highest BCUT2D eigenvalue weighted by molar-refractivity contribution is 8.18. The zero-order chi connectivity index (χ0) is 21.0. The molecular formula is C20H18N2O6S. The Morgan fingerprint density at radius 2 is 1.79 bits per heavy atom. The number of ether oxygens (including phenoxy) is 2. The molecule has 0 saturated carbocycles. The third-order valence-electron chi connectivity index (χ3n) is 3.96. The first-order valence-corrected chi connectivity index (χ1v) is 9.26. The molecule has 3 rings (SSSR count). The van der Waals surface area contributed by atoms with Crippen LogP contribution in [0.25, 0.3) is 6.08 Å². The Kier molecular flexibility index (Phi) is 6.08. The van der Waals surface area contributed by atoms with Crippen LogP contribution in [0.1, 0.15) is 5.56 Å². The number of carboxylic acids is 1. The van der Waals surface area contributed by atoms with Crippen molar-refractivity contribution in [3.8, 4) is 17.2 Å². The van der Waals surface area contributed by atoms with Crippen molar-refractivity contribution in [3.63, 3.8) is 0 Å². The van der Waals surface area contributed by atoms with Gasteiger partial charge in [-0.15, -0.1) is 0 Å². The van der Waals surface area contributed by atoms with Crippen LogP contribution in [-0.4, -0.2) is 52.9 Å². The summed E-state index contributed by atoms with van der Waals surface area (Å²) in [5.74, 6) is -1.40. The summed E-state index contributed by atoms with van der Waals surface area (Å²) in [6.45, 7) is -0.503. The van der Waals surface area contributed by atoms with Gasteiger partial charge in [-0.3, -0.25) is 14.5 Å². The topological polar surface area (TPSA) is 109 Å². The van der Waals surface area contributed by atoms with Crippen LogP contribution < -0.4 is 9.47 Å². The van der Waals surface area contributed by atoms with E-state index in [2.05, 4.69) is 4.99 Å². The molecule has 1 aliphatic heterocycles. The predicted octanol–water partition coefficient (Wildman–Crippen LogP) is 3.10. The average Bonchev–Trinajstić information content (AvgIpc) is 2.98. The molecule has 0 atom stereocenters. The van der Waals surface area contributed by atoms with E-state index in [9.17, 15) is 19.8 Å². The first-order valence-electron chi connectivity index (χ1n) is 8.45. The van der Waals surface area contributed by atoms with Gasteiger partial charge in [-0.1, -0.05) is 18.2 Å². The number of amidine groups is 1. The molecule has 1 saturated heterocycles. The van der Waals surface area contributed by atoms with Crippen molar-refractivity contribution in [2.45, 2.75) is 0 Å². The van der Waals surface area contributed by atoms with Gasteiger partial charge in [-0.2, -0.15) is 0 Å². The molecule has 1 heterocycles. The summed E-state index contributed by atoms with van der Waals surface area (Å²) in [6.07, 6.45) is 1.57. The van der Waals surface area contributed by atoms with Crippen molar-refractivity contribution in [1.29, 1.82) is 0 Å². The molecule has 2 N–H and O–H groups in total. The van der Waals surface area contributed by atoms with Gasteiger partial charge >= 0.3 is 5.97 Å². The van der Waals surface area contributed by atoms with Crippen LogP contribution in [-0.2, 0) is 9.59 Å². The highest BCUT2D eigenvalue weighted by atomic mass is 32.2. The number of carboxylic acid groups (broad SMARTS) is 1. The van der Waals surface area contributed by atoms with Gasteiger partial charge in [0.25, 0.3) is 5.91 Å². The molecule has 150 valence electrons. The average molecular weight is 414 g/mol. The second kappa shape index (κ2) is 8.70. The van der Waals surface area contributed by atoms with E-state index in [0.29, 0.717) is 11.3 Å². The Labute approximate surface area is 171 Å². The number of benzene rings is 2. The molecule has 0 aromatic heterocycles. The summed E-state index contributed by atoms with van der Waals surface area (Å²) in [4.78, 5) is 29.8. The van der Waals surface area contributed by atoms with Crippen molar-refractivity contribution in [3.05, 3.63) is 52.9 Å². The van der Waals surface area contributed by atoms with Crippen LogP contribution in [0.5, 0.6) is 17.2 Å². The van der Waals surface area contributed by atoms with Crippen LogP contribution in [0.2, 0.25) is 0 Å². The number of carbonyl (C=O) groups excluding carboxylic acids is 1. The Morgan fingerprint density at radius 3 is 2.34 bits per heavy atom. The molecule has 2 aromatic carbocycles. The minimum absolute atomic E-state index is 0.151. The van der Waals surface area contributed by atoms with Crippen LogP contribution >= 0.6 is 11.8 Å². The van der Waals surface area contributed by atoms with Crippen molar-refractivity contribution in [2.75, 3.05) is 20.8 Å². The molecule has 1 fully saturated rings. The summed E-state index contributed by atoms with van der Waals surface area (Å²) >= 11 is 1.07. The lowest BCUT2D eigenvalue weighted by atomic mass is 10.1. The number of phenols is 1. The Morgan fingerprint density at radius 1 is 1.17 bits per heavy atom. The number of amides is 1. The molecule has 9 heteroatoms. The standard InChI is InChI=1S/C20H18N2O6S/c1-27-14-8-12(9-15(28-2)18(14)25)10-16-19(26)22(11-17(23)24)20(29-16)21-13-6-4-3-5-7-13/h3-10,25H,11H2,1-2H3,(H,23,24)/b16-10-,21-20?. The smallest absolute Gasteiger partial charge is 0.323 e. The molecule has 29 heavy (non-hydrogen) atoms. The summed E-state index contributed by atoms with van der Waals surface area (Å²) in [5.41, 5.74) is 1.15. The molecule has 2 aromatic rings. The largest absolute Gasteiger partial charge is 0.502 e. The molecule has 0 unspecified atom stereocenters. The molecular weight excluding hydrogens is 396 g/mol. The number of aromatic hydroxyl groups is 1. The van der Waals surface area contributed by atoms with Gasteiger partial charge < -0.3 is 19.7 Å². The van der Waals surface area contributed by atoms with Crippen molar-refractivity contribution >= 4 is 40.6 Å². The van der Waals surface area contributed by atoms with Crippen LogP contribution in [0.4, 0.5) is 5.69 Å². The highest BCUT2D eigenvalue weighted by Gasteiger charge is 2.35. The third-order valence-corrected chi connectivity index (χ3v) is 4.97. The van der Waals surface area contributed by atoms with E-state index in [1.165, 1.54) is 14.2 Å². The fourth-order valence-electron chi connectivity index (χ4n) is 2.63. The van der Waals surface area contributed by atoms with Gasteiger partial charge in [-0.25, -0.2) is 4.99 Å². The van der Waals surface area contributed by atoms with Crippen LogP contribution in [0.15, 0.2) is 52.4 Å². The zero-order valence-corrected chi connectivity index (χ0v) is 16.5. The Balaban J connectivity index is 2.01. The Bertz CT molecular complexity index is 978. The summed E-state index contributed by atoms with van der Waals surface area (Å²) < 4.78 is 10.3. The first kappa shape index (κ1) is 20.3. The van der Waals surface area contributed by atoms with Gasteiger partial charge in [0.05, 0.1) is 24.8 Å². The van der Waals surface area contributed by atoms with E-state index >= 15 is 0 Å². The number of aliphatic carboxylic acids is 1. The molecule has 1 amide bonds. The summed E-state index contributed by atoms with van der Waals surface area (Å²) in [7, 11) is 2.81. The number of rotatable bonds is 6. The highest BCUT2D eigenvalue weighted by Crippen LogP contribution is 2.39. The SMILES string of the molecule is COc1cc(/C=C2\SC(=Nc3ccccc3)N(CC(=O)O)C2=O)cc(OC)c1O. The Hall–Kier alpha value is -3.46. The quantitative estimate of drug-likeness (QED) is 0.699. The van der Waals surface area contributed by atoms with Gasteiger partial charge in [-0.05, 0) is 47.7 Å². The maximum Gasteiger partial charge on any atom is 0.323 e. The fourth-order valence-corrected chi connectivity index (χ4v) is 3.63. The molecule has 0 radical (unpaired) electrons. The number of carbonyl (C=O) groups is 2. The normalized spacial score (nSPS) is 16.5. The number of hydrogen-bond donors (Lipinski definition) is 2. The number of aliphatic imine (C=N–C) groups is 1. The maximum atomic E-state index is 12.8. The van der Waals surface area contributed by atoms with Crippen molar-refractivity contribution in [1.82, 2.24) is 4.90 Å². The lowest BCUT2D eigenvalue weighted by Gasteiger charge is -2.12. The minimum atomic E-state index is -1.14. The summed E-state index contributed by atoms with van der Waals surface area (Å²) in [5, 5.41) is 19.5. The van der Waals surface area contributed by atoms with E-state index in [1.807, 2.05) is 6.07 Å². The van der Waals surface area contributed by atoms with Gasteiger partial charge in [0.2, 0.25) is 5.75 Å². The monoisotopic (exact) mass is 414 g/mol. The van der Waals surface area contributed by atoms with Crippen LogP contribution in [0.3, 0.4) is 0 Å². The van der Waals surface area contributed by atoms with E-state index in [1.54, 1.807) is 42.5 Å². The van der Waals surface area contributed by atoms with Gasteiger partial charge in [0.1, 0.15) is 6.54 Å². The summed E-state index contributed by atoms with van der Waals surface area (Å²) in [6, 6.07) is 12.0. The molecule has 0 bridgehead atoms.